The van der Waals surface area contributed by atoms with E-state index >= 15 is 0 Å². The first kappa shape index (κ1) is 11.2. The summed E-state index contributed by atoms with van der Waals surface area (Å²) in [5.41, 5.74) is 6.06. The van der Waals surface area contributed by atoms with Crippen LogP contribution < -0.4 is 15.2 Å². The Morgan fingerprint density at radius 1 is 1.31 bits per heavy atom. The van der Waals surface area contributed by atoms with Crippen molar-refractivity contribution in [3.63, 3.8) is 0 Å². The van der Waals surface area contributed by atoms with Crippen LogP contribution in [-0.2, 0) is 5.54 Å². The second-order valence-corrected chi connectivity index (χ2v) is 4.29. The minimum absolute atomic E-state index is 0.105. The number of hydrogen-bond donors (Lipinski definition) is 2. The Balaban J connectivity index is 2.34. The molecule has 0 bridgehead atoms. The Kier molecular flexibility index (Phi) is 3.03. The monoisotopic (exact) mass is 223 g/mol. The number of fused-ring (bicyclic) bond motifs is 1. The molecule has 1 aromatic rings. The second kappa shape index (κ2) is 4.31. The summed E-state index contributed by atoms with van der Waals surface area (Å²) >= 11 is 0. The molecular weight excluding hydrogens is 206 g/mol. The molecule has 0 saturated heterocycles. The predicted molar refractivity (Wildman–Crippen MR) is 60.7 cm³/mol. The number of hydrogen-bond acceptors (Lipinski definition) is 4. The summed E-state index contributed by atoms with van der Waals surface area (Å²) in [6.07, 6.45) is 0.879. The van der Waals surface area contributed by atoms with Gasteiger partial charge in [-0.25, -0.2) is 0 Å². The van der Waals surface area contributed by atoms with Gasteiger partial charge < -0.3 is 20.3 Å². The van der Waals surface area contributed by atoms with E-state index in [0.29, 0.717) is 19.0 Å². The third kappa shape index (κ3) is 2.13. The van der Waals surface area contributed by atoms with Gasteiger partial charge in [0, 0.05) is 6.42 Å². The van der Waals surface area contributed by atoms with E-state index in [0.717, 1.165) is 17.7 Å². The molecule has 1 aliphatic rings. The van der Waals surface area contributed by atoms with Crippen molar-refractivity contribution in [3.05, 3.63) is 23.8 Å². The molecule has 0 amide bonds. The molecule has 4 heteroatoms. The van der Waals surface area contributed by atoms with E-state index in [-0.39, 0.29) is 6.61 Å². The van der Waals surface area contributed by atoms with Gasteiger partial charge in [-0.3, -0.25) is 0 Å². The van der Waals surface area contributed by atoms with Gasteiger partial charge in [-0.2, -0.15) is 0 Å². The van der Waals surface area contributed by atoms with Crippen molar-refractivity contribution in [3.8, 4) is 11.5 Å². The first-order valence-corrected chi connectivity index (χ1v) is 5.43. The topological polar surface area (TPSA) is 64.7 Å². The standard InChI is InChI=1S/C12H17NO3/c1-12(13,8-14)9-3-4-10-11(7-9)16-6-2-5-15-10/h3-4,7,14H,2,5-6,8,13H2,1H3. The molecule has 1 heterocycles. The van der Waals surface area contributed by atoms with Crippen molar-refractivity contribution in [2.45, 2.75) is 18.9 Å². The summed E-state index contributed by atoms with van der Waals surface area (Å²) in [7, 11) is 0. The molecule has 1 unspecified atom stereocenters. The van der Waals surface area contributed by atoms with Crippen molar-refractivity contribution in [1.82, 2.24) is 0 Å². The van der Waals surface area contributed by atoms with Crippen LogP contribution in [0, 0.1) is 0 Å². The van der Waals surface area contributed by atoms with E-state index in [4.69, 9.17) is 15.2 Å². The van der Waals surface area contributed by atoms with Crippen molar-refractivity contribution in [2.75, 3.05) is 19.8 Å². The maximum absolute atomic E-state index is 9.21. The van der Waals surface area contributed by atoms with E-state index in [1.54, 1.807) is 6.92 Å². The molecule has 0 saturated carbocycles. The normalized spacial score (nSPS) is 18.7. The van der Waals surface area contributed by atoms with Crippen molar-refractivity contribution < 1.29 is 14.6 Å². The van der Waals surface area contributed by atoms with Crippen molar-refractivity contribution in [2.24, 2.45) is 5.73 Å². The van der Waals surface area contributed by atoms with Crippen LogP contribution in [0.3, 0.4) is 0 Å². The van der Waals surface area contributed by atoms with E-state index in [2.05, 4.69) is 0 Å². The van der Waals surface area contributed by atoms with Crippen LogP contribution >= 0.6 is 0 Å². The van der Waals surface area contributed by atoms with Gasteiger partial charge in [-0.15, -0.1) is 0 Å². The third-order valence-electron chi connectivity index (χ3n) is 2.74. The van der Waals surface area contributed by atoms with Crippen LogP contribution in [0.5, 0.6) is 11.5 Å². The number of nitrogens with two attached hydrogens (primary N) is 1. The maximum Gasteiger partial charge on any atom is 0.161 e. The zero-order valence-electron chi connectivity index (χ0n) is 9.40. The summed E-state index contributed by atoms with van der Waals surface area (Å²) in [6, 6.07) is 5.55. The molecule has 3 N–H and O–H groups in total. The zero-order valence-corrected chi connectivity index (χ0v) is 9.40. The fourth-order valence-corrected chi connectivity index (χ4v) is 1.61. The third-order valence-corrected chi connectivity index (χ3v) is 2.74. The maximum atomic E-state index is 9.21. The molecule has 4 nitrogen and oxygen atoms in total. The molecular formula is C12H17NO3. The number of aliphatic hydroxyl groups is 1. The van der Waals surface area contributed by atoms with E-state index < -0.39 is 5.54 Å². The molecule has 0 aromatic heterocycles. The number of benzene rings is 1. The van der Waals surface area contributed by atoms with Crippen molar-refractivity contribution in [1.29, 1.82) is 0 Å². The van der Waals surface area contributed by atoms with Crippen LogP contribution in [0.25, 0.3) is 0 Å². The van der Waals surface area contributed by atoms with Gasteiger partial charge >= 0.3 is 0 Å². The summed E-state index contributed by atoms with van der Waals surface area (Å²) in [5.74, 6) is 1.45. The van der Waals surface area contributed by atoms with Gasteiger partial charge in [0.05, 0.1) is 25.4 Å². The van der Waals surface area contributed by atoms with Crippen LogP contribution in [-0.4, -0.2) is 24.9 Å². The Labute approximate surface area is 95.0 Å². The average Bonchev–Trinajstić information content (AvgIpc) is 2.53. The van der Waals surface area contributed by atoms with Crippen LogP contribution in [0.15, 0.2) is 18.2 Å². The smallest absolute Gasteiger partial charge is 0.161 e. The molecule has 1 atom stereocenters. The predicted octanol–water partition coefficient (Wildman–Crippen LogP) is 1.01. The summed E-state index contributed by atoms with van der Waals surface area (Å²) in [6.45, 7) is 3.00. The molecule has 88 valence electrons. The molecule has 0 aliphatic carbocycles. The van der Waals surface area contributed by atoms with Crippen LogP contribution in [0.2, 0.25) is 0 Å². The van der Waals surface area contributed by atoms with Gasteiger partial charge in [-0.1, -0.05) is 6.07 Å². The SMILES string of the molecule is CC(N)(CO)c1ccc2c(c1)OCCCO2. The zero-order chi connectivity index (χ0) is 11.6. The highest BCUT2D eigenvalue weighted by Crippen LogP contribution is 2.33. The Hall–Kier alpha value is -1.26. The molecule has 1 aliphatic heterocycles. The van der Waals surface area contributed by atoms with Gasteiger partial charge in [0.2, 0.25) is 0 Å². The average molecular weight is 223 g/mol. The lowest BCUT2D eigenvalue weighted by Gasteiger charge is -2.23. The van der Waals surface area contributed by atoms with E-state index in [9.17, 15) is 5.11 Å². The van der Waals surface area contributed by atoms with Gasteiger partial charge in [-0.05, 0) is 24.6 Å². The Morgan fingerprint density at radius 3 is 2.69 bits per heavy atom. The lowest BCUT2D eigenvalue weighted by Crippen LogP contribution is -2.36. The Morgan fingerprint density at radius 2 is 2.00 bits per heavy atom. The minimum Gasteiger partial charge on any atom is -0.490 e. The molecule has 0 fully saturated rings. The highest BCUT2D eigenvalue weighted by atomic mass is 16.5. The van der Waals surface area contributed by atoms with Gasteiger partial charge in [0.15, 0.2) is 11.5 Å². The lowest BCUT2D eigenvalue weighted by atomic mass is 9.94. The number of rotatable bonds is 2. The lowest BCUT2D eigenvalue weighted by molar-refractivity contribution is 0.209. The van der Waals surface area contributed by atoms with Gasteiger partial charge in [0.1, 0.15) is 0 Å². The van der Waals surface area contributed by atoms with Gasteiger partial charge in [0.25, 0.3) is 0 Å². The minimum atomic E-state index is -0.745. The summed E-state index contributed by atoms with van der Waals surface area (Å²) < 4.78 is 11.1. The number of aliphatic hydroxyl groups excluding tert-OH is 1. The summed E-state index contributed by atoms with van der Waals surface area (Å²) in [4.78, 5) is 0. The van der Waals surface area contributed by atoms with E-state index in [1.807, 2.05) is 18.2 Å². The largest absolute Gasteiger partial charge is 0.490 e. The quantitative estimate of drug-likeness (QED) is 0.785. The van der Waals surface area contributed by atoms with Crippen LogP contribution in [0.1, 0.15) is 18.9 Å². The second-order valence-electron chi connectivity index (χ2n) is 4.29. The fourth-order valence-electron chi connectivity index (χ4n) is 1.61. The van der Waals surface area contributed by atoms with Crippen molar-refractivity contribution >= 4 is 0 Å². The molecule has 0 spiro atoms. The molecule has 2 rings (SSSR count). The highest BCUT2D eigenvalue weighted by molar-refractivity contribution is 5.45. The molecule has 1 aromatic carbocycles. The number of ether oxygens (including phenoxy) is 2. The first-order chi connectivity index (χ1) is 7.63. The van der Waals surface area contributed by atoms with E-state index in [1.165, 1.54) is 0 Å². The summed E-state index contributed by atoms with van der Waals surface area (Å²) in [5, 5.41) is 9.21. The Bertz CT molecular complexity index is 377. The molecule has 16 heavy (non-hydrogen) atoms. The fraction of sp³-hybridized carbons (Fsp3) is 0.500. The first-order valence-electron chi connectivity index (χ1n) is 5.43. The van der Waals surface area contributed by atoms with Crippen LogP contribution in [0.4, 0.5) is 0 Å². The molecule has 0 radical (unpaired) electrons. The highest BCUT2D eigenvalue weighted by Gasteiger charge is 2.22.